The summed E-state index contributed by atoms with van der Waals surface area (Å²) in [6.45, 7) is 14.7. The molecule has 0 heterocycles. The quantitative estimate of drug-likeness (QED) is 0.445. The van der Waals surface area contributed by atoms with E-state index in [2.05, 4.69) is 47.6 Å². The summed E-state index contributed by atoms with van der Waals surface area (Å²) in [4.78, 5) is 0. The van der Waals surface area contributed by atoms with E-state index in [1.807, 2.05) is 0 Å². The van der Waals surface area contributed by atoms with Gasteiger partial charge in [0.25, 0.3) is 0 Å². The Hall–Kier alpha value is -0.340. The summed E-state index contributed by atoms with van der Waals surface area (Å²) in [5, 5.41) is 21.1. The van der Waals surface area contributed by atoms with Crippen LogP contribution in [-0.4, -0.2) is 22.9 Å². The zero-order valence-electron chi connectivity index (χ0n) is 21.3. The molecule has 4 aliphatic rings. The molecule has 3 saturated carbocycles. The maximum Gasteiger partial charge on any atom is 0.0628 e. The van der Waals surface area contributed by atoms with Crippen LogP contribution in [0.15, 0.2) is 11.6 Å². The lowest BCUT2D eigenvalue weighted by atomic mass is 9.44. The molecule has 8 atom stereocenters. The van der Waals surface area contributed by atoms with Crippen molar-refractivity contribution in [1.82, 2.24) is 0 Å². The molecule has 0 bridgehead atoms. The van der Waals surface area contributed by atoms with Gasteiger partial charge in [0.05, 0.1) is 6.10 Å². The number of aliphatic hydroxyl groups excluding tert-OH is 2. The van der Waals surface area contributed by atoms with Gasteiger partial charge in [-0.15, -0.1) is 0 Å². The first-order chi connectivity index (χ1) is 14.6. The molecule has 0 amide bonds. The van der Waals surface area contributed by atoms with Crippen molar-refractivity contribution in [3.05, 3.63) is 11.6 Å². The number of hydrogen-bond donors (Lipinski definition) is 2. The van der Waals surface area contributed by atoms with Crippen molar-refractivity contribution in [3.63, 3.8) is 0 Å². The third-order valence-electron chi connectivity index (χ3n) is 11.2. The Kier molecular flexibility index (Phi) is 6.50. The van der Waals surface area contributed by atoms with Crippen LogP contribution in [0, 0.1) is 51.8 Å². The Bertz CT molecular complexity index is 678. The van der Waals surface area contributed by atoms with E-state index < -0.39 is 0 Å². The van der Waals surface area contributed by atoms with E-state index >= 15 is 0 Å². The first-order valence-corrected chi connectivity index (χ1v) is 13.6. The van der Waals surface area contributed by atoms with E-state index in [9.17, 15) is 10.2 Å². The van der Waals surface area contributed by atoms with Crippen molar-refractivity contribution >= 4 is 0 Å². The van der Waals surface area contributed by atoms with Crippen LogP contribution in [0.25, 0.3) is 0 Å². The maximum atomic E-state index is 10.7. The Morgan fingerprint density at radius 1 is 0.968 bits per heavy atom. The first-order valence-electron chi connectivity index (χ1n) is 13.6. The molecule has 0 spiro atoms. The van der Waals surface area contributed by atoms with Crippen LogP contribution in [0.3, 0.4) is 0 Å². The van der Waals surface area contributed by atoms with Crippen molar-refractivity contribution in [2.24, 2.45) is 51.8 Å². The summed E-state index contributed by atoms with van der Waals surface area (Å²) < 4.78 is 0. The number of aliphatic hydroxyl groups is 2. The zero-order chi connectivity index (χ0) is 22.6. The van der Waals surface area contributed by atoms with Crippen molar-refractivity contribution in [3.8, 4) is 0 Å². The lowest BCUT2D eigenvalue weighted by Gasteiger charge is -2.61. The minimum Gasteiger partial charge on any atom is -0.396 e. The monoisotopic (exact) mass is 430 g/mol. The summed E-state index contributed by atoms with van der Waals surface area (Å²) in [5.74, 6) is 4.38. The third kappa shape index (κ3) is 3.76. The number of allylic oxidation sites excluding steroid dienone is 1. The molecular formula is C29H50O2. The lowest BCUT2D eigenvalue weighted by Crippen LogP contribution is -2.54. The average molecular weight is 431 g/mol. The van der Waals surface area contributed by atoms with E-state index in [1.165, 1.54) is 51.4 Å². The van der Waals surface area contributed by atoms with Gasteiger partial charge in [-0.3, -0.25) is 0 Å². The van der Waals surface area contributed by atoms with Crippen LogP contribution in [0.4, 0.5) is 0 Å². The van der Waals surface area contributed by atoms with Gasteiger partial charge in [0.1, 0.15) is 0 Å². The summed E-state index contributed by atoms with van der Waals surface area (Å²) in [6.07, 6.45) is 14.9. The minimum atomic E-state index is -0.191. The molecule has 31 heavy (non-hydrogen) atoms. The van der Waals surface area contributed by atoms with Gasteiger partial charge in [-0.05, 0) is 97.7 Å². The standard InChI is InChI=1S/C29H50O2/c1-19(2)8-7-9-20(18-30)22-11-12-23-21-10-13-25-27(3,4)26(31)15-17-29(25,6)24(21)14-16-28(22,23)5/h13,19-24,26,30-31H,7-12,14-18H2,1-6H3/t20-,21-,22+,23-,24-,26?,28+,29+/m0/s1. The fraction of sp³-hybridized carbons (Fsp3) is 0.931. The van der Waals surface area contributed by atoms with Crippen LogP contribution < -0.4 is 0 Å². The smallest absolute Gasteiger partial charge is 0.0628 e. The van der Waals surface area contributed by atoms with E-state index in [0.717, 1.165) is 36.5 Å². The van der Waals surface area contributed by atoms with E-state index in [-0.39, 0.29) is 16.9 Å². The molecule has 4 aliphatic carbocycles. The molecule has 4 rings (SSSR count). The number of fused-ring (bicyclic) bond motifs is 5. The van der Waals surface area contributed by atoms with Gasteiger partial charge in [0.2, 0.25) is 0 Å². The molecule has 178 valence electrons. The highest BCUT2D eigenvalue weighted by Crippen LogP contribution is 2.68. The molecule has 0 aromatic heterocycles. The molecule has 0 saturated heterocycles. The molecule has 2 nitrogen and oxygen atoms in total. The fourth-order valence-electron chi connectivity index (χ4n) is 9.41. The van der Waals surface area contributed by atoms with Crippen molar-refractivity contribution < 1.29 is 10.2 Å². The molecule has 3 fully saturated rings. The Morgan fingerprint density at radius 3 is 2.39 bits per heavy atom. The van der Waals surface area contributed by atoms with Gasteiger partial charge in [-0.1, -0.05) is 66.0 Å². The highest BCUT2D eigenvalue weighted by Gasteiger charge is 2.61. The predicted molar refractivity (Wildman–Crippen MR) is 130 cm³/mol. The van der Waals surface area contributed by atoms with E-state index in [1.54, 1.807) is 5.57 Å². The molecule has 0 aliphatic heterocycles. The summed E-state index contributed by atoms with van der Waals surface area (Å²) in [7, 11) is 0. The number of rotatable bonds is 6. The van der Waals surface area contributed by atoms with Crippen LogP contribution >= 0.6 is 0 Å². The molecule has 0 radical (unpaired) electrons. The van der Waals surface area contributed by atoms with Crippen LogP contribution in [0.5, 0.6) is 0 Å². The summed E-state index contributed by atoms with van der Waals surface area (Å²) in [5.41, 5.74) is 2.19. The second-order valence-electron chi connectivity index (χ2n) is 13.4. The molecule has 2 heteroatoms. The SMILES string of the molecule is CC(C)CCC[C@@H](CO)[C@H]1CC[C@H]2[C@@H]3CC=C4C(C)(C)C(O)CC[C@]4(C)[C@H]3CC[C@]12C. The molecule has 2 N–H and O–H groups in total. The topological polar surface area (TPSA) is 40.5 Å². The van der Waals surface area contributed by atoms with E-state index in [4.69, 9.17) is 0 Å². The second-order valence-corrected chi connectivity index (χ2v) is 13.4. The fourth-order valence-corrected chi connectivity index (χ4v) is 9.41. The van der Waals surface area contributed by atoms with Crippen molar-refractivity contribution in [1.29, 1.82) is 0 Å². The van der Waals surface area contributed by atoms with Gasteiger partial charge in [0, 0.05) is 12.0 Å². The highest BCUT2D eigenvalue weighted by molar-refractivity contribution is 5.31. The van der Waals surface area contributed by atoms with Crippen LogP contribution in [0.2, 0.25) is 0 Å². The summed E-state index contributed by atoms with van der Waals surface area (Å²) in [6, 6.07) is 0. The van der Waals surface area contributed by atoms with Crippen LogP contribution in [0.1, 0.15) is 106 Å². The van der Waals surface area contributed by atoms with Crippen molar-refractivity contribution in [2.45, 2.75) is 112 Å². The normalized spacial score (nSPS) is 44.9. The Labute approximate surface area is 192 Å². The van der Waals surface area contributed by atoms with Crippen molar-refractivity contribution in [2.75, 3.05) is 6.61 Å². The molecular weight excluding hydrogens is 380 g/mol. The Morgan fingerprint density at radius 2 is 1.71 bits per heavy atom. The number of hydrogen-bond acceptors (Lipinski definition) is 2. The van der Waals surface area contributed by atoms with Crippen LogP contribution in [-0.2, 0) is 0 Å². The molecule has 0 aromatic carbocycles. The van der Waals surface area contributed by atoms with Gasteiger partial charge < -0.3 is 10.2 Å². The van der Waals surface area contributed by atoms with Gasteiger partial charge in [-0.25, -0.2) is 0 Å². The van der Waals surface area contributed by atoms with E-state index in [0.29, 0.717) is 23.9 Å². The Balaban J connectivity index is 1.55. The van der Waals surface area contributed by atoms with Gasteiger partial charge >= 0.3 is 0 Å². The lowest BCUT2D eigenvalue weighted by molar-refractivity contribution is -0.0812. The minimum absolute atomic E-state index is 0.0741. The first kappa shape index (κ1) is 23.8. The largest absolute Gasteiger partial charge is 0.396 e. The second kappa shape index (κ2) is 8.46. The van der Waals surface area contributed by atoms with Gasteiger partial charge in [0.15, 0.2) is 0 Å². The highest BCUT2D eigenvalue weighted by atomic mass is 16.3. The molecule has 0 aromatic rings. The zero-order valence-corrected chi connectivity index (χ0v) is 21.3. The molecule has 1 unspecified atom stereocenters. The third-order valence-corrected chi connectivity index (χ3v) is 11.2. The predicted octanol–water partition coefficient (Wildman–Crippen LogP) is 7.00. The summed E-state index contributed by atoms with van der Waals surface area (Å²) >= 11 is 0. The average Bonchev–Trinajstić information content (AvgIpc) is 3.05. The maximum absolute atomic E-state index is 10.7. The van der Waals surface area contributed by atoms with Gasteiger partial charge in [-0.2, -0.15) is 0 Å².